The van der Waals surface area contributed by atoms with Crippen molar-refractivity contribution in [2.24, 2.45) is 0 Å². The van der Waals surface area contributed by atoms with Gasteiger partial charge in [0.2, 0.25) is 0 Å². The van der Waals surface area contributed by atoms with Crippen LogP contribution in [0.1, 0.15) is 20.7 Å². The number of fused-ring (bicyclic) bond motifs is 2. The van der Waals surface area contributed by atoms with E-state index >= 15 is 0 Å². The predicted octanol–water partition coefficient (Wildman–Crippen LogP) is 2.38. The number of aromatic nitrogens is 2. The number of hydrogen-bond donors (Lipinski definition) is 0. The highest BCUT2D eigenvalue weighted by atomic mass is 16.5. The second kappa shape index (κ2) is 7.55. The van der Waals surface area contributed by atoms with Gasteiger partial charge in [-0.05, 0) is 12.1 Å². The molecule has 0 N–H and O–H groups in total. The van der Waals surface area contributed by atoms with Crippen molar-refractivity contribution in [3.05, 3.63) is 29.3 Å². The largest absolute Gasteiger partial charge is 0.496 e. The molecular formula is C19H18N2O7. The molecule has 9 heteroatoms. The summed E-state index contributed by atoms with van der Waals surface area (Å²) in [6.45, 7) is 0. The second-order valence-corrected chi connectivity index (χ2v) is 5.57. The van der Waals surface area contributed by atoms with E-state index in [4.69, 9.17) is 23.7 Å². The fourth-order valence-electron chi connectivity index (χ4n) is 2.94. The van der Waals surface area contributed by atoms with Crippen LogP contribution in [-0.2, 0) is 9.47 Å². The van der Waals surface area contributed by atoms with Crippen molar-refractivity contribution in [2.45, 2.75) is 0 Å². The number of carbonyl (C=O) groups excluding carboxylic acids is 2. The van der Waals surface area contributed by atoms with Gasteiger partial charge in [-0.2, -0.15) is 0 Å². The molecule has 0 saturated heterocycles. The summed E-state index contributed by atoms with van der Waals surface area (Å²) in [4.78, 5) is 33.8. The van der Waals surface area contributed by atoms with E-state index in [2.05, 4.69) is 9.97 Å². The number of hydrogen-bond acceptors (Lipinski definition) is 9. The SMILES string of the molecule is COC(=O)c1c(OC)ccc2nc3c(C(=O)OC)c(OC)c(OC)cc3nc12. The van der Waals surface area contributed by atoms with E-state index in [1.165, 1.54) is 35.5 Å². The molecule has 0 radical (unpaired) electrons. The molecule has 0 amide bonds. The Balaban J connectivity index is 2.49. The Morgan fingerprint density at radius 1 is 0.714 bits per heavy atom. The monoisotopic (exact) mass is 386 g/mol. The van der Waals surface area contributed by atoms with Gasteiger partial charge in [0.25, 0.3) is 0 Å². The fourth-order valence-corrected chi connectivity index (χ4v) is 2.94. The fraction of sp³-hybridized carbons (Fsp3) is 0.263. The summed E-state index contributed by atoms with van der Waals surface area (Å²) in [5.41, 5.74) is 1.39. The first-order valence-electron chi connectivity index (χ1n) is 8.10. The van der Waals surface area contributed by atoms with Crippen LogP contribution in [0.4, 0.5) is 0 Å². The minimum Gasteiger partial charge on any atom is -0.496 e. The lowest BCUT2D eigenvalue weighted by molar-refractivity contribution is 0.0589. The zero-order chi connectivity index (χ0) is 20.4. The molecule has 1 heterocycles. The number of nitrogens with zero attached hydrogens (tertiary/aromatic N) is 2. The van der Waals surface area contributed by atoms with Crippen molar-refractivity contribution in [3.63, 3.8) is 0 Å². The predicted molar refractivity (Wildman–Crippen MR) is 99.4 cm³/mol. The van der Waals surface area contributed by atoms with Crippen LogP contribution in [0.15, 0.2) is 18.2 Å². The van der Waals surface area contributed by atoms with Gasteiger partial charge in [-0.3, -0.25) is 0 Å². The van der Waals surface area contributed by atoms with Crippen LogP contribution in [0.2, 0.25) is 0 Å². The zero-order valence-corrected chi connectivity index (χ0v) is 16.0. The Morgan fingerprint density at radius 3 is 1.86 bits per heavy atom. The molecule has 0 unspecified atom stereocenters. The van der Waals surface area contributed by atoms with Gasteiger partial charge in [0.1, 0.15) is 27.9 Å². The average molecular weight is 386 g/mol. The smallest absolute Gasteiger partial charge is 0.344 e. The molecule has 3 rings (SSSR count). The second-order valence-electron chi connectivity index (χ2n) is 5.57. The Kier molecular flexibility index (Phi) is 5.16. The van der Waals surface area contributed by atoms with Gasteiger partial charge in [-0.25, -0.2) is 19.6 Å². The maximum absolute atomic E-state index is 12.4. The molecule has 1 aromatic heterocycles. The number of benzene rings is 2. The molecule has 0 fully saturated rings. The first-order chi connectivity index (χ1) is 13.5. The van der Waals surface area contributed by atoms with Gasteiger partial charge in [0.15, 0.2) is 11.5 Å². The molecule has 0 aliphatic rings. The van der Waals surface area contributed by atoms with Gasteiger partial charge < -0.3 is 23.7 Å². The Bertz CT molecular complexity index is 1100. The van der Waals surface area contributed by atoms with Gasteiger partial charge in [-0.1, -0.05) is 0 Å². The van der Waals surface area contributed by atoms with Crippen molar-refractivity contribution in [1.82, 2.24) is 9.97 Å². The Labute approximate surface area is 160 Å². The average Bonchev–Trinajstić information content (AvgIpc) is 2.74. The van der Waals surface area contributed by atoms with Crippen LogP contribution < -0.4 is 14.2 Å². The van der Waals surface area contributed by atoms with Crippen molar-refractivity contribution < 1.29 is 33.3 Å². The third-order valence-corrected chi connectivity index (χ3v) is 4.20. The third-order valence-electron chi connectivity index (χ3n) is 4.20. The maximum Gasteiger partial charge on any atom is 0.344 e. The maximum atomic E-state index is 12.4. The van der Waals surface area contributed by atoms with Crippen LogP contribution in [-0.4, -0.2) is 57.5 Å². The lowest BCUT2D eigenvalue weighted by Crippen LogP contribution is -2.10. The highest BCUT2D eigenvalue weighted by molar-refractivity contribution is 6.10. The van der Waals surface area contributed by atoms with Crippen LogP contribution in [0, 0.1) is 0 Å². The molecule has 2 aromatic carbocycles. The summed E-state index contributed by atoms with van der Waals surface area (Å²) in [5, 5.41) is 0. The number of esters is 2. The Hall–Kier alpha value is -3.62. The van der Waals surface area contributed by atoms with Crippen LogP contribution >= 0.6 is 0 Å². The Morgan fingerprint density at radius 2 is 1.29 bits per heavy atom. The van der Waals surface area contributed by atoms with E-state index in [-0.39, 0.29) is 33.7 Å². The molecule has 0 saturated carbocycles. The van der Waals surface area contributed by atoms with E-state index in [1.807, 2.05) is 0 Å². The van der Waals surface area contributed by atoms with Crippen molar-refractivity contribution in [2.75, 3.05) is 35.5 Å². The van der Waals surface area contributed by atoms with E-state index < -0.39 is 11.9 Å². The minimum absolute atomic E-state index is 0.0733. The zero-order valence-electron chi connectivity index (χ0n) is 16.0. The van der Waals surface area contributed by atoms with E-state index in [1.54, 1.807) is 18.2 Å². The molecule has 0 spiro atoms. The molecular weight excluding hydrogens is 368 g/mol. The lowest BCUT2D eigenvalue weighted by atomic mass is 10.1. The molecule has 9 nitrogen and oxygen atoms in total. The topological polar surface area (TPSA) is 106 Å². The van der Waals surface area contributed by atoms with Gasteiger partial charge in [0.05, 0.1) is 46.6 Å². The number of carbonyl (C=O) groups is 2. The van der Waals surface area contributed by atoms with E-state index in [0.29, 0.717) is 16.8 Å². The van der Waals surface area contributed by atoms with Gasteiger partial charge in [-0.15, -0.1) is 0 Å². The first-order valence-corrected chi connectivity index (χ1v) is 8.10. The summed E-state index contributed by atoms with van der Waals surface area (Å²) in [7, 11) is 6.79. The van der Waals surface area contributed by atoms with E-state index in [0.717, 1.165) is 0 Å². The number of rotatable bonds is 5. The molecule has 0 aliphatic heterocycles. The number of methoxy groups -OCH3 is 5. The summed E-state index contributed by atoms with van der Waals surface area (Å²) >= 11 is 0. The normalized spacial score (nSPS) is 10.6. The standard InChI is InChI=1S/C19H18N2O7/c1-24-11-7-6-9-15(13(11)18(22)27-4)21-10-8-12(25-2)17(26-3)14(16(10)20-9)19(23)28-5/h6-8H,1-5H3. The van der Waals surface area contributed by atoms with Gasteiger partial charge >= 0.3 is 11.9 Å². The van der Waals surface area contributed by atoms with Crippen molar-refractivity contribution in [1.29, 1.82) is 0 Å². The molecule has 3 aromatic rings. The lowest BCUT2D eigenvalue weighted by Gasteiger charge is -2.15. The van der Waals surface area contributed by atoms with E-state index in [9.17, 15) is 9.59 Å². The molecule has 0 aliphatic carbocycles. The highest BCUT2D eigenvalue weighted by Crippen LogP contribution is 2.38. The van der Waals surface area contributed by atoms with Crippen molar-refractivity contribution in [3.8, 4) is 17.2 Å². The van der Waals surface area contributed by atoms with Gasteiger partial charge in [0, 0.05) is 6.07 Å². The quantitative estimate of drug-likeness (QED) is 0.482. The molecule has 28 heavy (non-hydrogen) atoms. The molecule has 0 bridgehead atoms. The molecule has 0 atom stereocenters. The molecule has 146 valence electrons. The van der Waals surface area contributed by atoms with Crippen LogP contribution in [0.25, 0.3) is 22.1 Å². The first kappa shape index (κ1) is 19.2. The van der Waals surface area contributed by atoms with Crippen LogP contribution in [0.5, 0.6) is 17.2 Å². The third kappa shape index (κ3) is 2.90. The summed E-state index contributed by atoms with van der Waals surface area (Å²) in [5.74, 6) is -0.536. The summed E-state index contributed by atoms with van der Waals surface area (Å²) < 4.78 is 25.7. The number of ether oxygens (including phenoxy) is 5. The highest BCUT2D eigenvalue weighted by Gasteiger charge is 2.26. The summed E-state index contributed by atoms with van der Waals surface area (Å²) in [6.07, 6.45) is 0. The van der Waals surface area contributed by atoms with Crippen LogP contribution in [0.3, 0.4) is 0 Å². The van der Waals surface area contributed by atoms with Crippen molar-refractivity contribution >= 4 is 34.0 Å². The minimum atomic E-state index is -0.656. The summed E-state index contributed by atoms with van der Waals surface area (Å²) in [6, 6.07) is 4.77.